The van der Waals surface area contributed by atoms with Crippen LogP contribution in [0.25, 0.3) is 17.0 Å². The molecule has 0 saturated heterocycles. The Kier molecular flexibility index (Phi) is 4.35. The van der Waals surface area contributed by atoms with Gasteiger partial charge < -0.3 is 0 Å². The minimum absolute atomic E-state index is 0.237. The van der Waals surface area contributed by atoms with Crippen molar-refractivity contribution >= 4 is 34.8 Å². The van der Waals surface area contributed by atoms with Gasteiger partial charge >= 0.3 is 0 Å². The molecule has 5 heteroatoms. The standard InChI is InChI=1S/C18H14ClN3O/c1-13-21-17-10-9-15(19)12-16(17)18(23)22(13)20-11-5-8-14-6-3-2-4-7-14/h2-12H,1H3/b8-5+,20-11-. The first-order chi connectivity index (χ1) is 11.1. The molecule has 0 atom stereocenters. The lowest BCUT2D eigenvalue weighted by Crippen LogP contribution is -2.20. The van der Waals surface area contributed by atoms with Crippen molar-refractivity contribution in [3.63, 3.8) is 0 Å². The lowest BCUT2D eigenvalue weighted by molar-refractivity contribution is 0.771. The second kappa shape index (κ2) is 6.58. The molecular formula is C18H14ClN3O. The van der Waals surface area contributed by atoms with E-state index in [0.717, 1.165) is 5.56 Å². The third-order valence-electron chi connectivity index (χ3n) is 3.33. The SMILES string of the molecule is Cc1nc2ccc(Cl)cc2c(=O)n1/N=C\C=C\c1ccccc1. The Morgan fingerprint density at radius 2 is 1.96 bits per heavy atom. The summed E-state index contributed by atoms with van der Waals surface area (Å²) in [6, 6.07) is 14.9. The zero-order valence-electron chi connectivity index (χ0n) is 12.5. The third kappa shape index (κ3) is 3.38. The number of allylic oxidation sites excluding steroid dienone is 1. The zero-order chi connectivity index (χ0) is 16.2. The van der Waals surface area contributed by atoms with Crippen molar-refractivity contribution in [1.82, 2.24) is 9.66 Å². The molecule has 1 heterocycles. The number of rotatable bonds is 3. The number of aromatic nitrogens is 2. The van der Waals surface area contributed by atoms with Crippen molar-refractivity contribution in [3.05, 3.63) is 81.4 Å². The number of benzene rings is 2. The van der Waals surface area contributed by atoms with Gasteiger partial charge in [-0.15, -0.1) is 0 Å². The molecule has 23 heavy (non-hydrogen) atoms. The molecular weight excluding hydrogens is 310 g/mol. The van der Waals surface area contributed by atoms with E-state index in [1.807, 2.05) is 36.4 Å². The summed E-state index contributed by atoms with van der Waals surface area (Å²) in [5.41, 5.74) is 1.44. The molecule has 0 fully saturated rings. The molecule has 1 aromatic heterocycles. The van der Waals surface area contributed by atoms with Crippen LogP contribution in [-0.2, 0) is 0 Å². The smallest absolute Gasteiger partial charge is 0.267 e. The van der Waals surface area contributed by atoms with Gasteiger partial charge in [0.15, 0.2) is 0 Å². The predicted octanol–water partition coefficient (Wildman–Crippen LogP) is 3.91. The first-order valence-electron chi connectivity index (χ1n) is 7.10. The third-order valence-corrected chi connectivity index (χ3v) is 3.56. The van der Waals surface area contributed by atoms with Crippen LogP contribution in [0.3, 0.4) is 0 Å². The van der Waals surface area contributed by atoms with E-state index in [-0.39, 0.29) is 5.56 Å². The van der Waals surface area contributed by atoms with Gasteiger partial charge in [0, 0.05) is 11.2 Å². The molecule has 0 saturated carbocycles. The van der Waals surface area contributed by atoms with E-state index in [4.69, 9.17) is 11.6 Å². The van der Waals surface area contributed by atoms with Gasteiger partial charge in [0.2, 0.25) is 0 Å². The summed E-state index contributed by atoms with van der Waals surface area (Å²) in [6.45, 7) is 1.74. The van der Waals surface area contributed by atoms with E-state index < -0.39 is 0 Å². The highest BCUT2D eigenvalue weighted by molar-refractivity contribution is 6.31. The van der Waals surface area contributed by atoms with Crippen LogP contribution in [-0.4, -0.2) is 15.9 Å². The normalized spacial score (nSPS) is 11.7. The summed E-state index contributed by atoms with van der Waals surface area (Å²) in [6.07, 6.45) is 5.26. The first-order valence-corrected chi connectivity index (χ1v) is 7.48. The minimum Gasteiger partial charge on any atom is -0.267 e. The van der Waals surface area contributed by atoms with Crippen molar-refractivity contribution in [3.8, 4) is 0 Å². The molecule has 0 aliphatic heterocycles. The number of nitrogens with zero attached hydrogens (tertiary/aromatic N) is 3. The van der Waals surface area contributed by atoms with E-state index in [0.29, 0.717) is 21.7 Å². The lowest BCUT2D eigenvalue weighted by atomic mass is 10.2. The Morgan fingerprint density at radius 1 is 1.17 bits per heavy atom. The number of hydrogen-bond donors (Lipinski definition) is 0. The van der Waals surface area contributed by atoms with Crippen LogP contribution in [0.15, 0.2) is 64.5 Å². The Balaban J connectivity index is 1.95. The minimum atomic E-state index is -0.237. The average Bonchev–Trinajstić information content (AvgIpc) is 2.56. The highest BCUT2D eigenvalue weighted by Gasteiger charge is 2.07. The molecule has 2 aromatic carbocycles. The summed E-state index contributed by atoms with van der Waals surface area (Å²) >= 11 is 5.95. The maximum Gasteiger partial charge on any atom is 0.282 e. The molecule has 0 spiro atoms. The van der Waals surface area contributed by atoms with Gasteiger partial charge in [0.1, 0.15) is 5.82 Å². The van der Waals surface area contributed by atoms with Gasteiger partial charge in [0.05, 0.1) is 10.9 Å². The van der Waals surface area contributed by atoms with E-state index in [9.17, 15) is 4.79 Å². The molecule has 3 rings (SSSR count). The summed E-state index contributed by atoms with van der Waals surface area (Å²) in [7, 11) is 0. The van der Waals surface area contributed by atoms with Crippen LogP contribution in [0.2, 0.25) is 5.02 Å². The summed E-state index contributed by atoms with van der Waals surface area (Å²) in [5.74, 6) is 0.522. The number of aryl methyl sites for hydroxylation is 1. The quantitative estimate of drug-likeness (QED) is 0.686. The fourth-order valence-electron chi connectivity index (χ4n) is 2.22. The Hall–Kier alpha value is -2.72. The van der Waals surface area contributed by atoms with E-state index in [2.05, 4.69) is 10.1 Å². The molecule has 3 aromatic rings. The Morgan fingerprint density at radius 3 is 2.74 bits per heavy atom. The fourth-order valence-corrected chi connectivity index (χ4v) is 2.39. The van der Waals surface area contributed by atoms with Gasteiger partial charge in [-0.1, -0.05) is 48.0 Å². The second-order valence-corrected chi connectivity index (χ2v) is 5.41. The van der Waals surface area contributed by atoms with Crippen LogP contribution in [0.1, 0.15) is 11.4 Å². The van der Waals surface area contributed by atoms with Crippen LogP contribution >= 0.6 is 11.6 Å². The number of fused-ring (bicyclic) bond motifs is 1. The van der Waals surface area contributed by atoms with Crippen molar-refractivity contribution in [2.75, 3.05) is 0 Å². The van der Waals surface area contributed by atoms with E-state index in [1.165, 1.54) is 4.68 Å². The number of hydrogen-bond acceptors (Lipinski definition) is 3. The Labute approximate surface area is 138 Å². The highest BCUT2D eigenvalue weighted by atomic mass is 35.5. The van der Waals surface area contributed by atoms with Gasteiger partial charge in [-0.25, -0.2) is 4.98 Å². The maximum atomic E-state index is 12.5. The van der Waals surface area contributed by atoms with Crippen molar-refractivity contribution < 1.29 is 0 Å². The molecule has 0 unspecified atom stereocenters. The monoisotopic (exact) mass is 323 g/mol. The molecule has 0 bridgehead atoms. The molecule has 4 nitrogen and oxygen atoms in total. The van der Waals surface area contributed by atoms with E-state index >= 15 is 0 Å². The molecule has 0 amide bonds. The van der Waals surface area contributed by atoms with E-state index in [1.54, 1.807) is 37.4 Å². The average molecular weight is 324 g/mol. The van der Waals surface area contributed by atoms with Crippen molar-refractivity contribution in [2.45, 2.75) is 6.92 Å². The summed E-state index contributed by atoms with van der Waals surface area (Å²) < 4.78 is 1.27. The number of halogens is 1. The Bertz CT molecular complexity index is 959. The lowest BCUT2D eigenvalue weighted by Gasteiger charge is -2.05. The van der Waals surface area contributed by atoms with Gasteiger partial charge in [-0.3, -0.25) is 4.79 Å². The second-order valence-electron chi connectivity index (χ2n) is 4.97. The molecule has 0 radical (unpaired) electrons. The maximum absolute atomic E-state index is 12.5. The molecule has 114 valence electrons. The van der Waals surface area contributed by atoms with Crippen LogP contribution in [0, 0.1) is 6.92 Å². The largest absolute Gasteiger partial charge is 0.282 e. The van der Waals surface area contributed by atoms with Crippen LogP contribution in [0.5, 0.6) is 0 Å². The van der Waals surface area contributed by atoms with Crippen molar-refractivity contribution in [2.24, 2.45) is 5.10 Å². The highest BCUT2D eigenvalue weighted by Crippen LogP contribution is 2.15. The predicted molar refractivity (Wildman–Crippen MR) is 95.1 cm³/mol. The molecule has 0 aliphatic rings. The van der Waals surface area contributed by atoms with Crippen molar-refractivity contribution in [1.29, 1.82) is 0 Å². The van der Waals surface area contributed by atoms with Crippen LogP contribution < -0.4 is 5.56 Å². The first kappa shape index (κ1) is 15.2. The zero-order valence-corrected chi connectivity index (χ0v) is 13.2. The van der Waals surface area contributed by atoms with Crippen LogP contribution in [0.4, 0.5) is 0 Å². The van der Waals surface area contributed by atoms with Gasteiger partial charge in [-0.2, -0.15) is 9.78 Å². The fraction of sp³-hybridized carbons (Fsp3) is 0.0556. The topological polar surface area (TPSA) is 47.2 Å². The van der Waals surface area contributed by atoms with Gasteiger partial charge in [0.25, 0.3) is 5.56 Å². The van der Waals surface area contributed by atoms with Gasteiger partial charge in [-0.05, 0) is 36.8 Å². The summed E-state index contributed by atoms with van der Waals surface area (Å²) in [4.78, 5) is 16.9. The molecule has 0 aliphatic carbocycles. The molecule has 0 N–H and O–H groups in total. The summed E-state index contributed by atoms with van der Waals surface area (Å²) in [5, 5.41) is 5.14.